The van der Waals surface area contributed by atoms with Crippen molar-refractivity contribution in [2.45, 2.75) is 24.2 Å². The van der Waals surface area contributed by atoms with E-state index in [1.54, 1.807) is 6.07 Å². The molecule has 1 aromatic carbocycles. The topological polar surface area (TPSA) is 54.4 Å². The largest absolute Gasteiger partial charge is 0.481 e. The molecule has 2 atom stereocenters. The number of hydrogen-bond donors (Lipinski definition) is 1. The van der Waals surface area contributed by atoms with Gasteiger partial charge in [0.1, 0.15) is 0 Å². The van der Waals surface area contributed by atoms with E-state index in [0.717, 1.165) is 11.3 Å². The Hall–Kier alpha value is -1.29. The number of carbonyl (C=O) groups excluding carboxylic acids is 1. The minimum atomic E-state index is -0.840. The lowest BCUT2D eigenvalue weighted by Crippen LogP contribution is -2.25. The second-order valence-electron chi connectivity index (χ2n) is 4.55. The average molecular weight is 264 g/mol. The first kappa shape index (κ1) is 13.1. The number of thioether (sulfide) groups is 1. The second kappa shape index (κ2) is 5.57. The standard InChI is InChI=1S/C14H16O3S/c1-18-12-8-3-2-5-11(12)13(15)9-6-4-7-10(9)14(16)17/h2-3,5,8-10H,4,6-7H2,1H3,(H,16,17)/t9-,10-/m0/s1. The smallest absolute Gasteiger partial charge is 0.307 e. The zero-order valence-corrected chi connectivity index (χ0v) is 11.1. The molecule has 1 N–H and O–H groups in total. The van der Waals surface area contributed by atoms with E-state index in [9.17, 15) is 9.59 Å². The molecular formula is C14H16O3S. The van der Waals surface area contributed by atoms with E-state index in [0.29, 0.717) is 18.4 Å². The van der Waals surface area contributed by atoms with E-state index >= 15 is 0 Å². The highest BCUT2D eigenvalue weighted by Crippen LogP contribution is 2.36. The number of Topliss-reactive ketones (excluding diaryl/α,β-unsaturated/α-hetero) is 1. The molecule has 1 aliphatic carbocycles. The monoisotopic (exact) mass is 264 g/mol. The molecule has 1 aliphatic rings. The summed E-state index contributed by atoms with van der Waals surface area (Å²) in [5.74, 6) is -1.71. The Kier molecular flexibility index (Phi) is 4.07. The molecule has 0 amide bonds. The van der Waals surface area contributed by atoms with Gasteiger partial charge in [0.15, 0.2) is 5.78 Å². The summed E-state index contributed by atoms with van der Waals surface area (Å²) >= 11 is 1.52. The van der Waals surface area contributed by atoms with Crippen molar-refractivity contribution in [1.82, 2.24) is 0 Å². The van der Waals surface area contributed by atoms with Gasteiger partial charge in [-0.2, -0.15) is 0 Å². The quantitative estimate of drug-likeness (QED) is 0.670. The molecule has 0 unspecified atom stereocenters. The Morgan fingerprint density at radius 3 is 2.56 bits per heavy atom. The first-order valence-electron chi connectivity index (χ1n) is 6.05. The van der Waals surface area contributed by atoms with Crippen LogP contribution in [0.3, 0.4) is 0 Å². The molecule has 96 valence electrons. The molecule has 1 fully saturated rings. The lowest BCUT2D eigenvalue weighted by Gasteiger charge is -2.16. The maximum atomic E-state index is 12.5. The molecule has 4 heteroatoms. The number of aliphatic carboxylic acids is 1. The van der Waals surface area contributed by atoms with Crippen LogP contribution in [-0.4, -0.2) is 23.1 Å². The van der Waals surface area contributed by atoms with Crippen LogP contribution in [0, 0.1) is 11.8 Å². The lowest BCUT2D eigenvalue weighted by atomic mass is 9.88. The van der Waals surface area contributed by atoms with Crippen LogP contribution in [-0.2, 0) is 4.79 Å². The maximum Gasteiger partial charge on any atom is 0.307 e. The lowest BCUT2D eigenvalue weighted by molar-refractivity contribution is -0.142. The molecular weight excluding hydrogens is 248 g/mol. The van der Waals surface area contributed by atoms with Crippen molar-refractivity contribution in [3.8, 4) is 0 Å². The van der Waals surface area contributed by atoms with Gasteiger partial charge in [0.25, 0.3) is 0 Å². The van der Waals surface area contributed by atoms with Gasteiger partial charge in [0.2, 0.25) is 0 Å². The van der Waals surface area contributed by atoms with E-state index in [4.69, 9.17) is 5.11 Å². The molecule has 3 nitrogen and oxygen atoms in total. The van der Waals surface area contributed by atoms with Crippen LogP contribution in [0.1, 0.15) is 29.6 Å². The normalized spacial score (nSPS) is 22.9. The van der Waals surface area contributed by atoms with Crippen molar-refractivity contribution in [2.75, 3.05) is 6.26 Å². The Bertz CT molecular complexity index is 470. The zero-order chi connectivity index (χ0) is 13.1. The third kappa shape index (κ3) is 2.43. The molecule has 0 bridgehead atoms. The van der Waals surface area contributed by atoms with E-state index in [2.05, 4.69) is 0 Å². The van der Waals surface area contributed by atoms with Gasteiger partial charge in [0, 0.05) is 16.4 Å². The summed E-state index contributed by atoms with van der Waals surface area (Å²) in [7, 11) is 0. The molecule has 0 saturated heterocycles. The fraction of sp³-hybridized carbons (Fsp3) is 0.429. The minimum Gasteiger partial charge on any atom is -0.481 e. The number of hydrogen-bond acceptors (Lipinski definition) is 3. The SMILES string of the molecule is CSc1ccccc1C(=O)[C@H]1CCC[C@@H]1C(=O)O. The number of carboxylic acids is 1. The molecule has 0 spiro atoms. The number of ketones is 1. The minimum absolute atomic E-state index is 0.00940. The number of carboxylic acid groups (broad SMARTS) is 1. The van der Waals surface area contributed by atoms with E-state index in [1.165, 1.54) is 11.8 Å². The molecule has 1 aromatic rings. The highest BCUT2D eigenvalue weighted by molar-refractivity contribution is 7.98. The van der Waals surface area contributed by atoms with Crippen molar-refractivity contribution < 1.29 is 14.7 Å². The first-order chi connectivity index (χ1) is 8.65. The van der Waals surface area contributed by atoms with Crippen LogP contribution in [0.5, 0.6) is 0 Å². The Morgan fingerprint density at radius 2 is 1.89 bits per heavy atom. The third-order valence-corrected chi connectivity index (χ3v) is 4.34. The molecule has 0 radical (unpaired) electrons. The van der Waals surface area contributed by atoms with Crippen LogP contribution in [0.25, 0.3) is 0 Å². The van der Waals surface area contributed by atoms with Gasteiger partial charge < -0.3 is 5.11 Å². The van der Waals surface area contributed by atoms with Crippen LogP contribution in [0.2, 0.25) is 0 Å². The number of carbonyl (C=O) groups is 2. The van der Waals surface area contributed by atoms with Crippen LogP contribution in [0.15, 0.2) is 29.2 Å². The first-order valence-corrected chi connectivity index (χ1v) is 7.27. The molecule has 0 aromatic heterocycles. The summed E-state index contributed by atoms with van der Waals surface area (Å²) in [6.45, 7) is 0. The van der Waals surface area contributed by atoms with E-state index in [1.807, 2.05) is 24.5 Å². The highest BCUT2D eigenvalue weighted by atomic mass is 32.2. The molecule has 0 heterocycles. The molecule has 0 aliphatic heterocycles. The van der Waals surface area contributed by atoms with Gasteiger partial charge in [-0.3, -0.25) is 9.59 Å². The van der Waals surface area contributed by atoms with Crippen molar-refractivity contribution in [3.63, 3.8) is 0 Å². The van der Waals surface area contributed by atoms with Crippen LogP contribution < -0.4 is 0 Å². The summed E-state index contributed by atoms with van der Waals surface area (Å²) in [6, 6.07) is 7.43. The predicted octanol–water partition coefficient (Wildman–Crippen LogP) is 3.09. The van der Waals surface area contributed by atoms with E-state index < -0.39 is 11.9 Å². The third-order valence-electron chi connectivity index (χ3n) is 3.54. The van der Waals surface area contributed by atoms with Gasteiger partial charge >= 0.3 is 5.97 Å². The highest BCUT2D eigenvalue weighted by Gasteiger charge is 2.38. The van der Waals surface area contributed by atoms with Crippen LogP contribution >= 0.6 is 11.8 Å². The van der Waals surface area contributed by atoms with Gasteiger partial charge in [-0.05, 0) is 25.2 Å². The van der Waals surface area contributed by atoms with Gasteiger partial charge in [-0.25, -0.2) is 0 Å². The maximum absolute atomic E-state index is 12.5. The Balaban J connectivity index is 2.28. The van der Waals surface area contributed by atoms with Crippen molar-refractivity contribution >= 4 is 23.5 Å². The Morgan fingerprint density at radius 1 is 1.22 bits per heavy atom. The molecule has 2 rings (SSSR count). The van der Waals surface area contributed by atoms with Gasteiger partial charge in [-0.1, -0.05) is 24.6 Å². The summed E-state index contributed by atoms with van der Waals surface area (Å²) in [6.07, 6.45) is 4.07. The number of benzene rings is 1. The molecule has 18 heavy (non-hydrogen) atoms. The van der Waals surface area contributed by atoms with Gasteiger partial charge in [0.05, 0.1) is 5.92 Å². The van der Waals surface area contributed by atoms with Crippen molar-refractivity contribution in [2.24, 2.45) is 11.8 Å². The summed E-state index contributed by atoms with van der Waals surface area (Å²) < 4.78 is 0. The van der Waals surface area contributed by atoms with Gasteiger partial charge in [-0.15, -0.1) is 11.8 Å². The summed E-state index contributed by atoms with van der Waals surface area (Å²) in [5.41, 5.74) is 0.670. The number of rotatable bonds is 4. The zero-order valence-electron chi connectivity index (χ0n) is 10.3. The predicted molar refractivity (Wildman–Crippen MR) is 71.0 cm³/mol. The second-order valence-corrected chi connectivity index (χ2v) is 5.39. The molecule has 1 saturated carbocycles. The van der Waals surface area contributed by atoms with E-state index in [-0.39, 0.29) is 11.7 Å². The average Bonchev–Trinajstić information content (AvgIpc) is 2.87. The van der Waals surface area contributed by atoms with Crippen molar-refractivity contribution in [3.05, 3.63) is 29.8 Å². The fourth-order valence-corrected chi connectivity index (χ4v) is 3.22. The Labute approximate surface area is 111 Å². The van der Waals surface area contributed by atoms with Crippen LogP contribution in [0.4, 0.5) is 0 Å². The summed E-state index contributed by atoms with van der Waals surface area (Å²) in [5, 5.41) is 9.15. The fourth-order valence-electron chi connectivity index (χ4n) is 2.62. The summed E-state index contributed by atoms with van der Waals surface area (Å²) in [4.78, 5) is 24.5. The van der Waals surface area contributed by atoms with Crippen molar-refractivity contribution in [1.29, 1.82) is 0 Å².